The quantitative estimate of drug-likeness (QED) is 0.501. The van der Waals surface area contributed by atoms with E-state index < -0.39 is 0 Å². The summed E-state index contributed by atoms with van der Waals surface area (Å²) >= 11 is 0. The fourth-order valence-corrected chi connectivity index (χ4v) is 2.27. The van der Waals surface area contributed by atoms with Gasteiger partial charge in [0.25, 0.3) is 0 Å². The lowest BCUT2D eigenvalue weighted by molar-refractivity contribution is 1.21. The van der Waals surface area contributed by atoms with E-state index >= 15 is 0 Å². The first kappa shape index (κ1) is 17.4. The van der Waals surface area contributed by atoms with Crippen LogP contribution in [0.4, 0.5) is 11.4 Å². The predicted octanol–water partition coefficient (Wildman–Crippen LogP) is 4.75. The number of nitrogens with zero attached hydrogens (tertiary/aromatic N) is 3. The highest BCUT2D eigenvalue weighted by molar-refractivity contribution is 6.01. The van der Waals surface area contributed by atoms with Gasteiger partial charge in [-0.3, -0.25) is 10.9 Å². The molecule has 2 N–H and O–H groups in total. The summed E-state index contributed by atoms with van der Waals surface area (Å²) in [5.41, 5.74) is 11.2. The third-order valence-electron chi connectivity index (χ3n) is 3.74. The second-order valence-corrected chi connectivity index (χ2v) is 5.76. The van der Waals surface area contributed by atoms with E-state index in [1.807, 2.05) is 92.7 Å². The lowest BCUT2D eigenvalue weighted by atomic mass is 10.2. The fourth-order valence-electron chi connectivity index (χ4n) is 2.27. The molecule has 0 amide bonds. The Kier molecular flexibility index (Phi) is 5.72. The van der Waals surface area contributed by atoms with Gasteiger partial charge in [0.2, 0.25) is 0 Å². The molecule has 0 spiro atoms. The molecule has 0 fully saturated rings. The van der Waals surface area contributed by atoms with E-state index in [2.05, 4.69) is 26.0 Å². The van der Waals surface area contributed by atoms with Crippen LogP contribution in [0.1, 0.15) is 25.2 Å². The van der Waals surface area contributed by atoms with Crippen LogP contribution in [0.15, 0.2) is 89.1 Å². The number of hydrogen-bond donors (Lipinski definition) is 2. The summed E-state index contributed by atoms with van der Waals surface area (Å²) in [7, 11) is 0. The predicted molar refractivity (Wildman–Crippen MR) is 109 cm³/mol. The van der Waals surface area contributed by atoms with E-state index in [-0.39, 0.29) is 0 Å². The molecule has 0 aliphatic heterocycles. The van der Waals surface area contributed by atoms with Crippen LogP contribution in [-0.4, -0.2) is 16.4 Å². The molecule has 0 atom stereocenters. The molecule has 0 unspecified atom stereocenters. The molecule has 5 nitrogen and oxygen atoms in total. The maximum atomic E-state index is 4.66. The molecule has 26 heavy (non-hydrogen) atoms. The highest BCUT2D eigenvalue weighted by Crippen LogP contribution is 2.08. The molecule has 3 rings (SSSR count). The van der Waals surface area contributed by atoms with Crippen molar-refractivity contribution in [2.75, 3.05) is 10.9 Å². The molecule has 0 saturated carbocycles. The van der Waals surface area contributed by atoms with Crippen molar-refractivity contribution < 1.29 is 0 Å². The van der Waals surface area contributed by atoms with Gasteiger partial charge in [-0.25, -0.2) is 4.98 Å². The standard InChI is InChI=1S/C21H21N5/c1-16(23-25-18-10-5-3-6-11-18)20-14-9-15-21(22-20)17(2)24-26-19-12-7-4-8-13-19/h3-15,25-26H,1-2H3. The molecule has 0 saturated heterocycles. The van der Waals surface area contributed by atoms with Crippen LogP contribution < -0.4 is 10.9 Å². The lowest BCUT2D eigenvalue weighted by Crippen LogP contribution is -2.08. The fraction of sp³-hybridized carbons (Fsp3) is 0.0952. The minimum absolute atomic E-state index is 0.805. The van der Waals surface area contributed by atoms with Crippen LogP contribution in [0.25, 0.3) is 0 Å². The zero-order valence-electron chi connectivity index (χ0n) is 14.8. The van der Waals surface area contributed by atoms with E-state index in [0.717, 1.165) is 34.2 Å². The van der Waals surface area contributed by atoms with Crippen molar-refractivity contribution in [2.45, 2.75) is 13.8 Å². The second kappa shape index (κ2) is 8.58. The van der Waals surface area contributed by atoms with Gasteiger partial charge in [0.1, 0.15) is 0 Å². The van der Waals surface area contributed by atoms with Crippen molar-refractivity contribution >= 4 is 22.8 Å². The Labute approximate surface area is 153 Å². The highest BCUT2D eigenvalue weighted by Gasteiger charge is 2.04. The van der Waals surface area contributed by atoms with Crippen LogP contribution in [0, 0.1) is 0 Å². The van der Waals surface area contributed by atoms with Gasteiger partial charge in [-0.2, -0.15) is 10.2 Å². The Balaban J connectivity index is 1.72. The Morgan fingerprint density at radius 1 is 0.615 bits per heavy atom. The zero-order valence-corrected chi connectivity index (χ0v) is 14.8. The van der Waals surface area contributed by atoms with Gasteiger partial charge < -0.3 is 0 Å². The summed E-state index contributed by atoms with van der Waals surface area (Å²) < 4.78 is 0. The molecule has 1 aromatic heterocycles. The van der Waals surface area contributed by atoms with Gasteiger partial charge in [0, 0.05) is 0 Å². The third kappa shape index (κ3) is 4.77. The van der Waals surface area contributed by atoms with Gasteiger partial charge in [-0.15, -0.1) is 0 Å². The molecule has 130 valence electrons. The SMILES string of the molecule is CC(=NNc1ccccc1)c1cccc(C(C)=NNc2ccccc2)n1. The molecule has 0 radical (unpaired) electrons. The maximum Gasteiger partial charge on any atom is 0.0867 e. The molecule has 0 bridgehead atoms. The van der Waals surface area contributed by atoms with E-state index in [1.54, 1.807) is 0 Å². The van der Waals surface area contributed by atoms with Gasteiger partial charge in [0.05, 0.1) is 34.2 Å². The largest absolute Gasteiger partial charge is 0.278 e. The van der Waals surface area contributed by atoms with E-state index in [9.17, 15) is 0 Å². The Morgan fingerprint density at radius 3 is 1.46 bits per heavy atom. The summed E-state index contributed by atoms with van der Waals surface area (Å²) in [5, 5.41) is 8.81. The van der Waals surface area contributed by atoms with Crippen molar-refractivity contribution in [3.05, 3.63) is 90.3 Å². The number of pyridine rings is 1. The van der Waals surface area contributed by atoms with Crippen molar-refractivity contribution in [2.24, 2.45) is 10.2 Å². The molecule has 1 heterocycles. The molecule has 3 aromatic rings. The minimum atomic E-state index is 0.805. The number of nitrogens with one attached hydrogen (secondary N) is 2. The van der Waals surface area contributed by atoms with Crippen LogP contribution in [0.2, 0.25) is 0 Å². The summed E-state index contributed by atoms with van der Waals surface area (Å²) in [6, 6.07) is 25.5. The smallest absolute Gasteiger partial charge is 0.0867 e. The van der Waals surface area contributed by atoms with Crippen LogP contribution in [-0.2, 0) is 0 Å². The van der Waals surface area contributed by atoms with Crippen LogP contribution in [0.3, 0.4) is 0 Å². The molecule has 0 aliphatic carbocycles. The number of para-hydroxylation sites is 2. The van der Waals surface area contributed by atoms with E-state index in [1.165, 1.54) is 0 Å². The molecular formula is C21H21N5. The summed E-state index contributed by atoms with van der Waals surface area (Å²) in [6.07, 6.45) is 0. The van der Waals surface area contributed by atoms with Gasteiger partial charge in [-0.05, 0) is 50.2 Å². The van der Waals surface area contributed by atoms with Gasteiger partial charge >= 0.3 is 0 Å². The number of aromatic nitrogens is 1. The number of benzene rings is 2. The second-order valence-electron chi connectivity index (χ2n) is 5.76. The lowest BCUT2D eigenvalue weighted by Gasteiger charge is -2.06. The Hall–Kier alpha value is -3.47. The summed E-state index contributed by atoms with van der Waals surface area (Å²) in [6.45, 7) is 3.85. The number of anilines is 2. The highest BCUT2D eigenvalue weighted by atomic mass is 15.3. The first-order valence-corrected chi connectivity index (χ1v) is 8.41. The average molecular weight is 343 g/mol. The molecule has 0 aliphatic rings. The van der Waals surface area contributed by atoms with Crippen LogP contribution >= 0.6 is 0 Å². The van der Waals surface area contributed by atoms with Crippen molar-refractivity contribution in [3.8, 4) is 0 Å². The van der Waals surface area contributed by atoms with Gasteiger partial charge in [-0.1, -0.05) is 42.5 Å². The number of hydrogen-bond acceptors (Lipinski definition) is 5. The summed E-state index contributed by atoms with van der Waals surface area (Å²) in [5.74, 6) is 0. The Morgan fingerprint density at radius 2 is 1.04 bits per heavy atom. The summed E-state index contributed by atoms with van der Waals surface area (Å²) in [4.78, 5) is 4.66. The van der Waals surface area contributed by atoms with Gasteiger partial charge in [0.15, 0.2) is 0 Å². The minimum Gasteiger partial charge on any atom is -0.278 e. The van der Waals surface area contributed by atoms with E-state index in [4.69, 9.17) is 0 Å². The first-order chi connectivity index (χ1) is 12.7. The van der Waals surface area contributed by atoms with Crippen molar-refractivity contribution in [3.63, 3.8) is 0 Å². The maximum absolute atomic E-state index is 4.66. The number of rotatable bonds is 6. The normalized spacial score (nSPS) is 11.9. The topological polar surface area (TPSA) is 61.7 Å². The first-order valence-electron chi connectivity index (χ1n) is 8.41. The van der Waals surface area contributed by atoms with Crippen molar-refractivity contribution in [1.82, 2.24) is 4.98 Å². The molecular weight excluding hydrogens is 322 g/mol. The van der Waals surface area contributed by atoms with E-state index in [0.29, 0.717) is 0 Å². The third-order valence-corrected chi connectivity index (χ3v) is 3.74. The average Bonchev–Trinajstić information content (AvgIpc) is 2.72. The molecule has 2 aromatic carbocycles. The van der Waals surface area contributed by atoms with Crippen molar-refractivity contribution in [1.29, 1.82) is 0 Å². The number of hydrazone groups is 2. The Bertz CT molecular complexity index is 829. The van der Waals surface area contributed by atoms with Crippen LogP contribution in [0.5, 0.6) is 0 Å². The monoisotopic (exact) mass is 343 g/mol. The zero-order chi connectivity index (χ0) is 18.2. The molecule has 5 heteroatoms.